The summed E-state index contributed by atoms with van der Waals surface area (Å²) in [6.07, 6.45) is 1.61. The lowest BCUT2D eigenvalue weighted by atomic mass is 9.96. The van der Waals surface area contributed by atoms with Gasteiger partial charge in [0.1, 0.15) is 11.6 Å². The topological polar surface area (TPSA) is 54.5 Å². The number of halogens is 1. The second kappa shape index (κ2) is 9.26. The van der Waals surface area contributed by atoms with Gasteiger partial charge in [-0.05, 0) is 54.8 Å². The number of aromatic nitrogens is 1. The van der Waals surface area contributed by atoms with E-state index in [9.17, 15) is 9.18 Å². The van der Waals surface area contributed by atoms with E-state index in [1.165, 1.54) is 12.1 Å². The second-order valence-electron chi connectivity index (χ2n) is 7.35. The number of carbonyl (C=O) groups is 1. The molecule has 0 saturated carbocycles. The van der Waals surface area contributed by atoms with Crippen LogP contribution in [-0.2, 0) is 11.3 Å². The highest BCUT2D eigenvalue weighted by Crippen LogP contribution is 2.30. The third-order valence-corrected chi connectivity index (χ3v) is 6.30. The van der Waals surface area contributed by atoms with Crippen LogP contribution in [-0.4, -0.2) is 31.1 Å². The van der Waals surface area contributed by atoms with Crippen molar-refractivity contribution >= 4 is 22.4 Å². The average molecular weight is 426 g/mol. The molecule has 0 aliphatic carbocycles. The summed E-state index contributed by atoms with van der Waals surface area (Å²) in [5, 5.41) is 6.00. The van der Waals surface area contributed by atoms with Crippen molar-refractivity contribution in [3.05, 3.63) is 65.3 Å². The third kappa shape index (κ3) is 4.79. The highest BCUT2D eigenvalue weighted by Gasteiger charge is 2.26. The molecule has 1 fully saturated rings. The van der Waals surface area contributed by atoms with E-state index in [1.54, 1.807) is 30.6 Å². The Morgan fingerprint density at radius 2 is 1.87 bits per heavy atom. The summed E-state index contributed by atoms with van der Waals surface area (Å²) in [7, 11) is 1.64. The number of ether oxygens (including phenoxy) is 1. The van der Waals surface area contributed by atoms with E-state index in [4.69, 9.17) is 9.72 Å². The van der Waals surface area contributed by atoms with Gasteiger partial charge in [-0.25, -0.2) is 9.37 Å². The number of methoxy groups -OCH3 is 1. The molecule has 156 valence electrons. The van der Waals surface area contributed by atoms with Crippen LogP contribution in [0.2, 0.25) is 0 Å². The van der Waals surface area contributed by atoms with Gasteiger partial charge < -0.3 is 15.0 Å². The molecule has 7 heteroatoms. The van der Waals surface area contributed by atoms with Gasteiger partial charge in [-0.15, -0.1) is 11.3 Å². The molecule has 1 amide bonds. The predicted octanol–water partition coefficient (Wildman–Crippen LogP) is 4.49. The van der Waals surface area contributed by atoms with Crippen molar-refractivity contribution in [2.24, 2.45) is 5.92 Å². The van der Waals surface area contributed by atoms with E-state index in [0.29, 0.717) is 6.54 Å². The van der Waals surface area contributed by atoms with Crippen molar-refractivity contribution in [2.45, 2.75) is 19.4 Å². The highest BCUT2D eigenvalue weighted by molar-refractivity contribution is 7.14. The van der Waals surface area contributed by atoms with Gasteiger partial charge in [0.15, 0.2) is 5.13 Å². The molecular weight excluding hydrogens is 401 g/mol. The fraction of sp³-hybridized carbons (Fsp3) is 0.304. The zero-order valence-electron chi connectivity index (χ0n) is 16.8. The van der Waals surface area contributed by atoms with Gasteiger partial charge in [0, 0.05) is 36.5 Å². The van der Waals surface area contributed by atoms with Crippen LogP contribution in [0.25, 0.3) is 11.3 Å². The van der Waals surface area contributed by atoms with E-state index in [-0.39, 0.29) is 17.6 Å². The normalized spacial score (nSPS) is 14.5. The Morgan fingerprint density at radius 1 is 1.17 bits per heavy atom. The second-order valence-corrected chi connectivity index (χ2v) is 8.19. The third-order valence-electron chi connectivity index (χ3n) is 5.39. The van der Waals surface area contributed by atoms with Crippen molar-refractivity contribution in [3.8, 4) is 17.0 Å². The van der Waals surface area contributed by atoms with Crippen LogP contribution in [0.15, 0.2) is 53.9 Å². The monoisotopic (exact) mass is 425 g/mol. The molecule has 1 aliphatic rings. The first-order valence-corrected chi connectivity index (χ1v) is 10.9. The molecule has 2 heterocycles. The summed E-state index contributed by atoms with van der Waals surface area (Å²) in [4.78, 5) is 19.5. The number of carbonyl (C=O) groups excluding carboxylic acids is 1. The Morgan fingerprint density at radius 3 is 2.53 bits per heavy atom. The summed E-state index contributed by atoms with van der Waals surface area (Å²) in [5.41, 5.74) is 2.82. The fourth-order valence-corrected chi connectivity index (χ4v) is 4.46. The quantitative estimate of drug-likeness (QED) is 0.632. The number of hydrogen-bond donors (Lipinski definition) is 1. The van der Waals surface area contributed by atoms with E-state index >= 15 is 0 Å². The van der Waals surface area contributed by atoms with Gasteiger partial charge in [0.2, 0.25) is 5.91 Å². The highest BCUT2D eigenvalue weighted by atomic mass is 32.1. The summed E-state index contributed by atoms with van der Waals surface area (Å²) in [5.74, 6) is 0.691. The van der Waals surface area contributed by atoms with Crippen molar-refractivity contribution in [1.82, 2.24) is 10.3 Å². The molecule has 4 rings (SSSR count). The maximum Gasteiger partial charge on any atom is 0.223 e. The van der Waals surface area contributed by atoms with Gasteiger partial charge in [-0.3, -0.25) is 4.79 Å². The molecule has 30 heavy (non-hydrogen) atoms. The zero-order chi connectivity index (χ0) is 20.9. The lowest BCUT2D eigenvalue weighted by molar-refractivity contribution is -0.125. The summed E-state index contributed by atoms with van der Waals surface area (Å²) >= 11 is 1.59. The van der Waals surface area contributed by atoms with Crippen LogP contribution in [0.5, 0.6) is 5.75 Å². The minimum absolute atomic E-state index is 0.0241. The lowest BCUT2D eigenvalue weighted by Crippen LogP contribution is -2.40. The Balaban J connectivity index is 1.28. The number of nitrogens with zero attached hydrogens (tertiary/aromatic N) is 2. The first kappa shape index (κ1) is 20.3. The number of rotatable bonds is 6. The molecule has 1 aromatic heterocycles. The lowest BCUT2D eigenvalue weighted by Gasteiger charge is -2.31. The number of piperidine rings is 1. The Labute approximate surface area is 179 Å². The fourth-order valence-electron chi connectivity index (χ4n) is 3.57. The molecule has 0 radical (unpaired) electrons. The molecule has 0 bridgehead atoms. The molecule has 2 aromatic carbocycles. The molecule has 1 saturated heterocycles. The van der Waals surface area contributed by atoms with Crippen LogP contribution >= 0.6 is 11.3 Å². The van der Waals surface area contributed by atoms with E-state index in [1.807, 2.05) is 29.6 Å². The summed E-state index contributed by atoms with van der Waals surface area (Å²) in [6, 6.07) is 14.1. The maximum atomic E-state index is 13.1. The molecule has 5 nitrogen and oxygen atoms in total. The smallest absolute Gasteiger partial charge is 0.223 e. The Hall–Kier alpha value is -2.93. The predicted molar refractivity (Wildman–Crippen MR) is 117 cm³/mol. The molecule has 0 spiro atoms. The number of hydrogen-bond acceptors (Lipinski definition) is 5. The molecule has 0 unspecified atom stereocenters. The van der Waals surface area contributed by atoms with Crippen molar-refractivity contribution in [2.75, 3.05) is 25.1 Å². The summed E-state index contributed by atoms with van der Waals surface area (Å²) < 4.78 is 18.3. The van der Waals surface area contributed by atoms with Gasteiger partial charge in [-0.2, -0.15) is 0 Å². The number of thiazole rings is 1. The first-order valence-electron chi connectivity index (χ1n) is 9.99. The Bertz CT molecular complexity index is 980. The number of benzene rings is 2. The standard InChI is InChI=1S/C23H24FN3O2S/c1-29-20-8-2-16(3-9-20)14-25-22(28)18-10-12-27(13-11-18)23-26-21(15-30-23)17-4-6-19(24)7-5-17/h2-9,15,18H,10-14H2,1H3,(H,25,28). The van der Waals surface area contributed by atoms with Crippen molar-refractivity contribution < 1.29 is 13.9 Å². The van der Waals surface area contributed by atoms with Gasteiger partial charge >= 0.3 is 0 Å². The molecule has 1 N–H and O–H groups in total. The van der Waals surface area contributed by atoms with Gasteiger partial charge in [0.05, 0.1) is 12.8 Å². The number of amides is 1. The van der Waals surface area contributed by atoms with Gasteiger partial charge in [-0.1, -0.05) is 12.1 Å². The van der Waals surface area contributed by atoms with Crippen LogP contribution in [0, 0.1) is 11.7 Å². The van der Waals surface area contributed by atoms with Crippen molar-refractivity contribution in [3.63, 3.8) is 0 Å². The van der Waals surface area contributed by atoms with E-state index in [0.717, 1.165) is 53.6 Å². The average Bonchev–Trinajstić information content (AvgIpc) is 3.29. The van der Waals surface area contributed by atoms with Crippen LogP contribution in [0.3, 0.4) is 0 Å². The SMILES string of the molecule is COc1ccc(CNC(=O)C2CCN(c3nc(-c4ccc(F)cc4)cs3)CC2)cc1. The molecule has 0 atom stereocenters. The minimum atomic E-state index is -0.249. The molecule has 1 aliphatic heterocycles. The first-order chi connectivity index (χ1) is 14.6. The zero-order valence-corrected chi connectivity index (χ0v) is 17.6. The molecule has 3 aromatic rings. The summed E-state index contributed by atoms with van der Waals surface area (Å²) in [6.45, 7) is 2.13. The number of nitrogens with one attached hydrogen (secondary N) is 1. The maximum absolute atomic E-state index is 13.1. The van der Waals surface area contributed by atoms with Crippen LogP contribution < -0.4 is 15.0 Å². The van der Waals surface area contributed by atoms with E-state index < -0.39 is 0 Å². The largest absolute Gasteiger partial charge is 0.497 e. The van der Waals surface area contributed by atoms with E-state index in [2.05, 4.69) is 10.2 Å². The Kier molecular flexibility index (Phi) is 6.28. The number of anilines is 1. The molecular formula is C23H24FN3O2S. The van der Waals surface area contributed by atoms with Crippen molar-refractivity contribution in [1.29, 1.82) is 0 Å². The van der Waals surface area contributed by atoms with Crippen LogP contribution in [0.4, 0.5) is 9.52 Å². The van der Waals surface area contributed by atoms with Crippen LogP contribution in [0.1, 0.15) is 18.4 Å². The minimum Gasteiger partial charge on any atom is -0.497 e. The van der Waals surface area contributed by atoms with Gasteiger partial charge in [0.25, 0.3) is 0 Å².